The van der Waals surface area contributed by atoms with E-state index in [9.17, 15) is 0 Å². The molecular weight excluding hydrogens is 322 g/mol. The number of ether oxygens (including phenoxy) is 1. The van der Waals surface area contributed by atoms with Gasteiger partial charge in [0.25, 0.3) is 0 Å². The molecule has 2 aromatic rings. The highest BCUT2D eigenvalue weighted by Crippen LogP contribution is 2.31. The second-order valence-corrected chi connectivity index (χ2v) is 7.21. The first-order chi connectivity index (χ1) is 11.8. The molecule has 0 spiro atoms. The molecule has 5 heteroatoms. The molecule has 128 valence electrons. The van der Waals surface area contributed by atoms with Crippen molar-refractivity contribution in [2.45, 2.75) is 32.2 Å². The van der Waals surface area contributed by atoms with Crippen molar-refractivity contribution >= 4 is 11.6 Å². The molecule has 1 aromatic carbocycles. The topological polar surface area (TPSA) is 39.1 Å². The van der Waals surface area contributed by atoms with Gasteiger partial charge >= 0.3 is 0 Å². The number of aromatic nitrogens is 2. The number of hydrogen-bond donors (Lipinski definition) is 1. The lowest BCUT2D eigenvalue weighted by Crippen LogP contribution is -2.22. The summed E-state index contributed by atoms with van der Waals surface area (Å²) in [5, 5.41) is 9.27. The molecule has 0 bridgehead atoms. The van der Waals surface area contributed by atoms with Crippen molar-refractivity contribution < 1.29 is 4.74 Å². The molecule has 2 aliphatic rings. The van der Waals surface area contributed by atoms with E-state index in [-0.39, 0.29) is 0 Å². The smallest absolute Gasteiger partial charge is 0.0717 e. The molecule has 1 N–H and O–H groups in total. The van der Waals surface area contributed by atoms with Gasteiger partial charge in [-0.15, -0.1) is 0 Å². The predicted octanol–water partition coefficient (Wildman–Crippen LogP) is 3.32. The SMILES string of the molecule is Clc1ccc(-c2c3c(nn2CC2CCOCC2)CCNCC3)cc1. The maximum Gasteiger partial charge on any atom is 0.0717 e. The third kappa shape index (κ3) is 3.37. The zero-order chi connectivity index (χ0) is 16.4. The van der Waals surface area contributed by atoms with Crippen molar-refractivity contribution in [3.05, 3.63) is 40.5 Å². The van der Waals surface area contributed by atoms with Gasteiger partial charge in [-0.3, -0.25) is 4.68 Å². The minimum Gasteiger partial charge on any atom is -0.381 e. The van der Waals surface area contributed by atoms with Crippen LogP contribution in [0.25, 0.3) is 11.3 Å². The fourth-order valence-corrected chi connectivity index (χ4v) is 3.92. The molecule has 4 rings (SSSR count). The molecule has 0 atom stereocenters. The summed E-state index contributed by atoms with van der Waals surface area (Å²) < 4.78 is 7.77. The van der Waals surface area contributed by atoms with Gasteiger partial charge in [0.2, 0.25) is 0 Å². The Morgan fingerprint density at radius 2 is 1.88 bits per heavy atom. The summed E-state index contributed by atoms with van der Waals surface area (Å²) in [6.45, 7) is 4.79. The van der Waals surface area contributed by atoms with Crippen molar-refractivity contribution in [3.8, 4) is 11.3 Å². The van der Waals surface area contributed by atoms with Crippen LogP contribution in [-0.2, 0) is 24.1 Å². The van der Waals surface area contributed by atoms with Crippen molar-refractivity contribution in [2.75, 3.05) is 26.3 Å². The maximum atomic E-state index is 6.09. The lowest BCUT2D eigenvalue weighted by atomic mass is 9.99. The molecule has 4 nitrogen and oxygen atoms in total. The standard InChI is InChI=1S/C19H24ClN3O/c20-16-3-1-15(2-4-16)19-17-5-9-21-10-6-18(17)22-23(19)13-14-7-11-24-12-8-14/h1-4,14,21H,5-13H2. The lowest BCUT2D eigenvalue weighted by Gasteiger charge is -2.23. The minimum atomic E-state index is 0.659. The van der Waals surface area contributed by atoms with Crippen molar-refractivity contribution in [1.82, 2.24) is 15.1 Å². The second-order valence-electron chi connectivity index (χ2n) is 6.77. The van der Waals surface area contributed by atoms with E-state index in [1.165, 1.54) is 22.5 Å². The first kappa shape index (κ1) is 16.1. The summed E-state index contributed by atoms with van der Waals surface area (Å²) in [4.78, 5) is 0. The molecule has 0 aliphatic carbocycles. The van der Waals surface area contributed by atoms with Gasteiger partial charge in [0.1, 0.15) is 0 Å². The lowest BCUT2D eigenvalue weighted by molar-refractivity contribution is 0.0603. The Balaban J connectivity index is 1.72. The van der Waals surface area contributed by atoms with E-state index in [1.807, 2.05) is 12.1 Å². The Hall–Kier alpha value is -1.36. The Morgan fingerprint density at radius 1 is 1.12 bits per heavy atom. The monoisotopic (exact) mass is 345 g/mol. The van der Waals surface area contributed by atoms with Crippen molar-refractivity contribution in [3.63, 3.8) is 0 Å². The molecule has 24 heavy (non-hydrogen) atoms. The first-order valence-electron chi connectivity index (χ1n) is 8.94. The van der Waals surface area contributed by atoms with Gasteiger partial charge in [-0.25, -0.2) is 0 Å². The van der Waals surface area contributed by atoms with Crippen LogP contribution in [-0.4, -0.2) is 36.1 Å². The van der Waals surface area contributed by atoms with Gasteiger partial charge in [-0.05, 0) is 43.9 Å². The van der Waals surface area contributed by atoms with E-state index in [1.54, 1.807) is 0 Å². The van der Waals surface area contributed by atoms with Gasteiger partial charge in [0, 0.05) is 48.9 Å². The van der Waals surface area contributed by atoms with Gasteiger partial charge in [0.05, 0.1) is 11.4 Å². The molecule has 3 heterocycles. The largest absolute Gasteiger partial charge is 0.381 e. The Morgan fingerprint density at radius 3 is 2.67 bits per heavy atom. The molecule has 2 aliphatic heterocycles. The van der Waals surface area contributed by atoms with E-state index in [2.05, 4.69) is 22.1 Å². The fraction of sp³-hybridized carbons (Fsp3) is 0.526. The number of nitrogens with zero attached hydrogens (tertiary/aromatic N) is 2. The third-order valence-electron chi connectivity index (χ3n) is 5.11. The van der Waals surface area contributed by atoms with Gasteiger partial charge < -0.3 is 10.1 Å². The molecule has 0 saturated carbocycles. The highest BCUT2D eigenvalue weighted by Gasteiger charge is 2.23. The highest BCUT2D eigenvalue weighted by atomic mass is 35.5. The van der Waals surface area contributed by atoms with Gasteiger partial charge in [-0.1, -0.05) is 23.7 Å². The van der Waals surface area contributed by atoms with E-state index >= 15 is 0 Å². The quantitative estimate of drug-likeness (QED) is 0.927. The van der Waals surface area contributed by atoms with Crippen LogP contribution in [0.5, 0.6) is 0 Å². The molecular formula is C19H24ClN3O. The summed E-state index contributed by atoms with van der Waals surface area (Å²) in [6.07, 6.45) is 4.32. The van der Waals surface area contributed by atoms with E-state index in [0.717, 1.165) is 63.6 Å². The predicted molar refractivity (Wildman–Crippen MR) is 96.5 cm³/mol. The van der Waals surface area contributed by atoms with E-state index in [4.69, 9.17) is 21.4 Å². The number of rotatable bonds is 3. The number of hydrogen-bond acceptors (Lipinski definition) is 3. The van der Waals surface area contributed by atoms with E-state index < -0.39 is 0 Å². The Kier molecular flexibility index (Phi) is 4.88. The van der Waals surface area contributed by atoms with Crippen LogP contribution >= 0.6 is 11.6 Å². The number of nitrogens with one attached hydrogen (secondary N) is 1. The van der Waals surface area contributed by atoms with Crippen LogP contribution in [0.3, 0.4) is 0 Å². The highest BCUT2D eigenvalue weighted by molar-refractivity contribution is 6.30. The number of fused-ring (bicyclic) bond motifs is 1. The van der Waals surface area contributed by atoms with Gasteiger partial charge in [0.15, 0.2) is 0 Å². The second kappa shape index (κ2) is 7.26. The summed E-state index contributed by atoms with van der Waals surface area (Å²) in [6, 6.07) is 8.20. The molecule has 0 unspecified atom stereocenters. The normalized spacial score (nSPS) is 19.0. The van der Waals surface area contributed by atoms with Crippen LogP contribution in [0, 0.1) is 5.92 Å². The molecule has 1 fully saturated rings. The van der Waals surface area contributed by atoms with E-state index in [0.29, 0.717) is 5.92 Å². The Labute approximate surface area is 148 Å². The average Bonchev–Trinajstić information content (AvgIpc) is 2.78. The van der Waals surface area contributed by atoms with Gasteiger partial charge in [-0.2, -0.15) is 5.10 Å². The molecule has 1 aromatic heterocycles. The third-order valence-corrected chi connectivity index (χ3v) is 5.37. The summed E-state index contributed by atoms with van der Waals surface area (Å²) in [5.41, 5.74) is 5.19. The maximum absolute atomic E-state index is 6.09. The van der Waals surface area contributed by atoms with Crippen LogP contribution in [0.15, 0.2) is 24.3 Å². The molecule has 1 saturated heterocycles. The van der Waals surface area contributed by atoms with Crippen LogP contribution in [0.4, 0.5) is 0 Å². The fourth-order valence-electron chi connectivity index (χ4n) is 3.79. The summed E-state index contributed by atoms with van der Waals surface area (Å²) in [7, 11) is 0. The van der Waals surface area contributed by atoms with Crippen LogP contribution < -0.4 is 5.32 Å². The van der Waals surface area contributed by atoms with Crippen LogP contribution in [0.1, 0.15) is 24.1 Å². The van der Waals surface area contributed by atoms with Crippen LogP contribution in [0.2, 0.25) is 5.02 Å². The Bertz CT molecular complexity index is 689. The summed E-state index contributed by atoms with van der Waals surface area (Å²) >= 11 is 6.09. The average molecular weight is 346 g/mol. The molecule has 0 radical (unpaired) electrons. The zero-order valence-corrected chi connectivity index (χ0v) is 14.7. The van der Waals surface area contributed by atoms with Crippen molar-refractivity contribution in [2.24, 2.45) is 5.92 Å². The summed E-state index contributed by atoms with van der Waals surface area (Å²) in [5.74, 6) is 0.659. The first-order valence-corrected chi connectivity index (χ1v) is 9.32. The zero-order valence-electron chi connectivity index (χ0n) is 13.9. The number of halogens is 1. The van der Waals surface area contributed by atoms with Crippen molar-refractivity contribution in [1.29, 1.82) is 0 Å². The molecule has 0 amide bonds. The minimum absolute atomic E-state index is 0.659. The number of benzene rings is 1.